The molecule has 0 spiro atoms. The second-order valence-electron chi connectivity index (χ2n) is 7.36. The Bertz CT molecular complexity index is 1070. The van der Waals surface area contributed by atoms with Crippen LogP contribution in [0.2, 0.25) is 5.02 Å². The molecule has 160 valence electrons. The second-order valence-corrected chi connectivity index (χ2v) is 7.77. The zero-order valence-corrected chi connectivity index (χ0v) is 17.7. The quantitative estimate of drug-likeness (QED) is 0.577. The van der Waals surface area contributed by atoms with Gasteiger partial charge in [0.15, 0.2) is 0 Å². The lowest BCUT2D eigenvalue weighted by molar-refractivity contribution is -0.134. The minimum absolute atomic E-state index is 0.101. The molecule has 1 heterocycles. The van der Waals surface area contributed by atoms with Gasteiger partial charge in [-0.05, 0) is 44.0 Å². The fourth-order valence-corrected chi connectivity index (χ4v) is 3.39. The number of para-hydroxylation sites is 1. The van der Waals surface area contributed by atoms with Crippen LogP contribution in [0.25, 0.3) is 11.5 Å². The molecule has 1 atom stereocenters. The molecule has 0 aliphatic heterocycles. The van der Waals surface area contributed by atoms with E-state index in [2.05, 4.69) is 20.8 Å². The molecule has 2 N–H and O–H groups in total. The van der Waals surface area contributed by atoms with Crippen LogP contribution in [0.4, 0.5) is 10.5 Å². The van der Waals surface area contributed by atoms with Gasteiger partial charge in [-0.3, -0.25) is 4.79 Å². The molecule has 1 saturated carbocycles. The molecule has 3 aromatic rings. The maximum atomic E-state index is 13.0. The Morgan fingerprint density at radius 1 is 1.13 bits per heavy atom. The lowest BCUT2D eigenvalue weighted by Gasteiger charge is -2.25. The second kappa shape index (κ2) is 9.18. The molecule has 0 bridgehead atoms. The van der Waals surface area contributed by atoms with Crippen molar-refractivity contribution in [2.45, 2.75) is 38.4 Å². The molecule has 3 amide bonds. The Kier molecular flexibility index (Phi) is 6.18. The summed E-state index contributed by atoms with van der Waals surface area (Å²) in [6.45, 7) is 1.83. The van der Waals surface area contributed by atoms with Crippen LogP contribution in [-0.2, 0) is 11.3 Å². The van der Waals surface area contributed by atoms with E-state index in [4.69, 9.17) is 16.0 Å². The van der Waals surface area contributed by atoms with Crippen LogP contribution in [0.1, 0.15) is 25.7 Å². The van der Waals surface area contributed by atoms with Gasteiger partial charge in [0.25, 0.3) is 0 Å². The normalized spacial score (nSPS) is 14.0. The van der Waals surface area contributed by atoms with Crippen LogP contribution in [0.5, 0.6) is 0 Å². The summed E-state index contributed by atoms with van der Waals surface area (Å²) in [7, 11) is 0. The topological polar surface area (TPSA) is 100 Å². The molecular weight excluding hydrogens is 418 g/mol. The minimum Gasteiger partial charge on any atom is -0.419 e. The fourth-order valence-electron chi connectivity index (χ4n) is 3.18. The van der Waals surface area contributed by atoms with Crippen molar-refractivity contribution in [1.82, 2.24) is 20.4 Å². The molecule has 1 aliphatic rings. The number of nitrogens with zero attached hydrogens (tertiary/aromatic N) is 3. The van der Waals surface area contributed by atoms with E-state index in [0.717, 1.165) is 12.8 Å². The molecule has 1 fully saturated rings. The van der Waals surface area contributed by atoms with E-state index in [1.54, 1.807) is 36.1 Å². The number of benzene rings is 2. The molecule has 31 heavy (non-hydrogen) atoms. The van der Waals surface area contributed by atoms with Gasteiger partial charge in [-0.15, -0.1) is 10.2 Å². The zero-order valence-electron chi connectivity index (χ0n) is 16.9. The van der Waals surface area contributed by atoms with Crippen LogP contribution < -0.4 is 10.6 Å². The third-order valence-electron chi connectivity index (χ3n) is 4.90. The summed E-state index contributed by atoms with van der Waals surface area (Å²) in [4.78, 5) is 26.9. The highest BCUT2D eigenvalue weighted by molar-refractivity contribution is 6.33. The van der Waals surface area contributed by atoms with Crippen molar-refractivity contribution in [3.05, 3.63) is 65.5 Å². The standard InChI is InChI=1S/C22H22ClN5O3/c1-14(24-22(30)25-15-7-3-2-4-8-15)21(29)28(16-11-12-16)13-19-26-27-20(31-19)17-9-5-6-10-18(17)23/h2-10,14,16H,11-13H2,1H3,(H2,24,25,30). The fraction of sp³-hybridized carbons (Fsp3) is 0.273. The van der Waals surface area contributed by atoms with Crippen molar-refractivity contribution in [3.63, 3.8) is 0 Å². The Balaban J connectivity index is 1.40. The van der Waals surface area contributed by atoms with Crippen LogP contribution in [0, 0.1) is 0 Å². The molecule has 1 aromatic heterocycles. The first-order valence-corrected chi connectivity index (χ1v) is 10.4. The number of nitrogens with one attached hydrogen (secondary N) is 2. The molecule has 4 rings (SSSR count). The Morgan fingerprint density at radius 2 is 1.84 bits per heavy atom. The summed E-state index contributed by atoms with van der Waals surface area (Å²) in [5.41, 5.74) is 1.29. The van der Waals surface area contributed by atoms with Crippen molar-refractivity contribution >= 4 is 29.2 Å². The predicted octanol–water partition coefficient (Wildman–Crippen LogP) is 4.09. The number of hydrogen-bond donors (Lipinski definition) is 2. The number of carbonyl (C=O) groups is 2. The summed E-state index contributed by atoms with van der Waals surface area (Å²) in [5.74, 6) is 0.413. The van der Waals surface area contributed by atoms with E-state index in [-0.39, 0.29) is 18.5 Å². The van der Waals surface area contributed by atoms with Crippen molar-refractivity contribution in [2.24, 2.45) is 0 Å². The summed E-state index contributed by atoms with van der Waals surface area (Å²) in [6, 6.07) is 15.2. The van der Waals surface area contributed by atoms with Gasteiger partial charge in [-0.1, -0.05) is 41.9 Å². The number of halogens is 1. The van der Waals surface area contributed by atoms with Crippen molar-refractivity contribution in [2.75, 3.05) is 5.32 Å². The van der Waals surface area contributed by atoms with E-state index in [9.17, 15) is 9.59 Å². The van der Waals surface area contributed by atoms with E-state index in [0.29, 0.717) is 28.1 Å². The van der Waals surface area contributed by atoms with E-state index in [1.807, 2.05) is 30.3 Å². The minimum atomic E-state index is -0.713. The highest BCUT2D eigenvalue weighted by atomic mass is 35.5. The largest absolute Gasteiger partial charge is 0.419 e. The summed E-state index contributed by atoms with van der Waals surface area (Å²) >= 11 is 6.19. The Labute approximate surface area is 184 Å². The van der Waals surface area contributed by atoms with E-state index >= 15 is 0 Å². The van der Waals surface area contributed by atoms with Crippen LogP contribution >= 0.6 is 11.6 Å². The molecule has 1 unspecified atom stereocenters. The molecule has 2 aromatic carbocycles. The number of anilines is 1. The number of amides is 3. The van der Waals surface area contributed by atoms with Gasteiger partial charge in [-0.2, -0.15) is 0 Å². The average Bonchev–Trinajstić information content (AvgIpc) is 3.50. The molecule has 9 heteroatoms. The van der Waals surface area contributed by atoms with Crippen molar-refractivity contribution in [1.29, 1.82) is 0 Å². The van der Waals surface area contributed by atoms with Crippen LogP contribution in [0.15, 0.2) is 59.0 Å². The number of aromatic nitrogens is 2. The van der Waals surface area contributed by atoms with Crippen molar-refractivity contribution in [3.8, 4) is 11.5 Å². The number of urea groups is 1. The summed E-state index contributed by atoms with van der Waals surface area (Å²) in [6.07, 6.45) is 1.81. The van der Waals surface area contributed by atoms with Crippen molar-refractivity contribution < 1.29 is 14.0 Å². The Hall–Kier alpha value is -3.39. The maximum Gasteiger partial charge on any atom is 0.319 e. The van der Waals surface area contributed by atoms with Gasteiger partial charge in [-0.25, -0.2) is 4.79 Å². The van der Waals surface area contributed by atoms with Gasteiger partial charge >= 0.3 is 6.03 Å². The van der Waals surface area contributed by atoms with E-state index < -0.39 is 12.1 Å². The molecule has 0 radical (unpaired) electrons. The summed E-state index contributed by atoms with van der Waals surface area (Å²) < 4.78 is 5.75. The summed E-state index contributed by atoms with van der Waals surface area (Å²) in [5, 5.41) is 14.0. The maximum absolute atomic E-state index is 13.0. The van der Waals surface area contributed by atoms with Crippen LogP contribution in [-0.4, -0.2) is 39.1 Å². The van der Waals surface area contributed by atoms with Crippen LogP contribution in [0.3, 0.4) is 0 Å². The SMILES string of the molecule is CC(NC(=O)Nc1ccccc1)C(=O)N(Cc1nnc(-c2ccccc2Cl)o1)C1CC1. The van der Waals surface area contributed by atoms with Gasteiger partial charge < -0.3 is 20.0 Å². The Morgan fingerprint density at radius 3 is 2.55 bits per heavy atom. The van der Waals surface area contributed by atoms with Gasteiger partial charge in [0.1, 0.15) is 6.04 Å². The average molecular weight is 440 g/mol. The molecule has 8 nitrogen and oxygen atoms in total. The van der Waals surface area contributed by atoms with Gasteiger partial charge in [0, 0.05) is 11.7 Å². The first-order valence-electron chi connectivity index (χ1n) is 10.0. The third-order valence-corrected chi connectivity index (χ3v) is 5.23. The molecule has 1 aliphatic carbocycles. The zero-order chi connectivity index (χ0) is 21.8. The lowest BCUT2D eigenvalue weighted by Crippen LogP contribution is -2.48. The predicted molar refractivity (Wildman–Crippen MR) is 116 cm³/mol. The highest BCUT2D eigenvalue weighted by Gasteiger charge is 2.36. The smallest absolute Gasteiger partial charge is 0.319 e. The number of hydrogen-bond acceptors (Lipinski definition) is 5. The van der Waals surface area contributed by atoms with E-state index in [1.165, 1.54) is 0 Å². The monoisotopic (exact) mass is 439 g/mol. The van der Waals surface area contributed by atoms with Gasteiger partial charge in [0.05, 0.1) is 17.1 Å². The first kappa shape index (κ1) is 20.9. The van der Waals surface area contributed by atoms with Gasteiger partial charge in [0.2, 0.25) is 17.7 Å². The highest BCUT2D eigenvalue weighted by Crippen LogP contribution is 2.30. The third kappa shape index (κ3) is 5.21. The molecular formula is C22H22ClN5O3. The molecule has 0 saturated heterocycles. The number of carbonyl (C=O) groups excluding carboxylic acids is 2. The number of rotatable bonds is 7. The lowest BCUT2D eigenvalue weighted by atomic mass is 10.2. The first-order chi connectivity index (χ1) is 15.0.